The van der Waals surface area contributed by atoms with E-state index >= 15 is 0 Å². The minimum atomic E-state index is -0.0374. The molecule has 3 aromatic carbocycles. The predicted molar refractivity (Wildman–Crippen MR) is 120 cm³/mol. The van der Waals surface area contributed by atoms with Crippen molar-refractivity contribution in [1.82, 2.24) is 4.98 Å². The molecule has 0 aliphatic heterocycles. The number of phenols is 1. The first-order valence-electron chi connectivity index (χ1n) is 9.44. The van der Waals surface area contributed by atoms with Crippen LogP contribution in [0.15, 0.2) is 84.9 Å². The number of benzene rings is 3. The monoisotopic (exact) mass is 411 g/mol. The van der Waals surface area contributed by atoms with Crippen molar-refractivity contribution < 1.29 is 15.0 Å². The Hall–Kier alpha value is -3.83. The number of carbonyl (C=O) groups excluding carboxylic acids is 1. The van der Waals surface area contributed by atoms with Gasteiger partial charge in [-0.05, 0) is 35.4 Å². The third-order valence-corrected chi connectivity index (χ3v) is 6.22. The van der Waals surface area contributed by atoms with Crippen LogP contribution in [0.2, 0.25) is 0 Å². The maximum absolute atomic E-state index is 13.3. The quantitative estimate of drug-likeness (QED) is 0.308. The van der Waals surface area contributed by atoms with Crippen LogP contribution in [0.1, 0.15) is 15.2 Å². The molecule has 2 heterocycles. The molecule has 30 heavy (non-hydrogen) atoms. The Morgan fingerprint density at radius 2 is 1.53 bits per heavy atom. The number of fused-ring (bicyclic) bond motifs is 1. The van der Waals surface area contributed by atoms with Crippen LogP contribution in [-0.2, 0) is 0 Å². The van der Waals surface area contributed by atoms with Gasteiger partial charge in [-0.2, -0.15) is 0 Å². The molecule has 0 saturated heterocycles. The maximum Gasteiger partial charge on any atom is 0.203 e. The van der Waals surface area contributed by atoms with Crippen LogP contribution in [0.4, 0.5) is 0 Å². The molecule has 0 spiro atoms. The highest BCUT2D eigenvalue weighted by Gasteiger charge is 2.21. The van der Waals surface area contributed by atoms with Gasteiger partial charge in [0, 0.05) is 33.0 Å². The fraction of sp³-hybridized carbons (Fsp3) is 0. The SMILES string of the molecule is O=C(c1ccccc1)c1sc2cc(O)ccc2c1-c1ccc(-c2ccc(O)[nH]2)cc1. The van der Waals surface area contributed by atoms with E-state index < -0.39 is 0 Å². The zero-order valence-electron chi connectivity index (χ0n) is 15.8. The van der Waals surface area contributed by atoms with Crippen molar-refractivity contribution in [2.45, 2.75) is 0 Å². The van der Waals surface area contributed by atoms with Crippen molar-refractivity contribution in [1.29, 1.82) is 0 Å². The lowest BCUT2D eigenvalue weighted by molar-refractivity contribution is 0.104. The molecule has 0 fully saturated rings. The second-order valence-electron chi connectivity index (χ2n) is 7.02. The molecule has 2 aromatic heterocycles. The molecule has 0 radical (unpaired) electrons. The summed E-state index contributed by atoms with van der Waals surface area (Å²) in [6.45, 7) is 0. The van der Waals surface area contributed by atoms with Crippen LogP contribution in [0.5, 0.6) is 11.6 Å². The molecular weight excluding hydrogens is 394 g/mol. The lowest BCUT2D eigenvalue weighted by atomic mass is 9.97. The van der Waals surface area contributed by atoms with E-state index in [0.29, 0.717) is 10.4 Å². The third kappa shape index (κ3) is 3.15. The predicted octanol–water partition coefficient (Wildman–Crippen LogP) is 6.21. The van der Waals surface area contributed by atoms with Crippen LogP contribution < -0.4 is 0 Å². The summed E-state index contributed by atoms with van der Waals surface area (Å²) >= 11 is 1.39. The van der Waals surface area contributed by atoms with Crippen LogP contribution in [0.3, 0.4) is 0 Å². The molecular formula is C25H17NO3S. The van der Waals surface area contributed by atoms with Gasteiger partial charge in [0.15, 0.2) is 5.88 Å². The highest BCUT2D eigenvalue weighted by molar-refractivity contribution is 7.21. The van der Waals surface area contributed by atoms with Crippen molar-refractivity contribution in [3.8, 4) is 34.0 Å². The van der Waals surface area contributed by atoms with Gasteiger partial charge in [0.1, 0.15) is 5.75 Å². The maximum atomic E-state index is 13.3. The molecule has 3 N–H and O–H groups in total. The van der Waals surface area contributed by atoms with Crippen LogP contribution in [0.25, 0.3) is 32.5 Å². The second kappa shape index (κ2) is 7.21. The van der Waals surface area contributed by atoms with Gasteiger partial charge < -0.3 is 15.2 Å². The molecule has 146 valence electrons. The molecule has 4 nitrogen and oxygen atoms in total. The minimum absolute atomic E-state index is 0.0374. The number of rotatable bonds is 4. The van der Waals surface area contributed by atoms with Crippen molar-refractivity contribution in [3.63, 3.8) is 0 Å². The summed E-state index contributed by atoms with van der Waals surface area (Å²) in [7, 11) is 0. The van der Waals surface area contributed by atoms with Gasteiger partial charge in [-0.1, -0.05) is 54.6 Å². The molecule has 5 heteroatoms. The molecule has 0 atom stereocenters. The Balaban J connectivity index is 1.66. The van der Waals surface area contributed by atoms with E-state index in [1.807, 2.05) is 66.7 Å². The summed E-state index contributed by atoms with van der Waals surface area (Å²) in [5.41, 5.74) is 4.18. The Labute approximate surface area is 176 Å². The smallest absolute Gasteiger partial charge is 0.203 e. The molecule has 5 aromatic rings. The number of aromatic amines is 1. The summed E-state index contributed by atoms with van der Waals surface area (Å²) in [5, 5.41) is 20.4. The number of thiophene rings is 1. The van der Waals surface area contributed by atoms with E-state index in [1.54, 1.807) is 18.2 Å². The number of phenolic OH excluding ortho intramolecular Hbond substituents is 1. The van der Waals surface area contributed by atoms with E-state index in [2.05, 4.69) is 4.98 Å². The van der Waals surface area contributed by atoms with E-state index in [4.69, 9.17) is 0 Å². The van der Waals surface area contributed by atoms with E-state index in [0.717, 1.165) is 32.5 Å². The standard InChI is InChI=1S/C25H17NO3S/c27-18-10-11-19-21(14-18)30-25(24(29)17-4-2-1-3-5-17)23(19)16-8-6-15(7-9-16)20-12-13-22(28)26-20/h1-14,26-28H. The average Bonchev–Trinajstić information content (AvgIpc) is 3.37. The second-order valence-corrected chi connectivity index (χ2v) is 8.07. The fourth-order valence-electron chi connectivity index (χ4n) is 3.62. The number of aromatic hydroxyl groups is 2. The van der Waals surface area contributed by atoms with E-state index in [-0.39, 0.29) is 17.4 Å². The molecule has 0 unspecified atom stereocenters. The Bertz CT molecular complexity index is 1370. The van der Waals surface area contributed by atoms with Crippen molar-refractivity contribution in [3.05, 3.63) is 95.4 Å². The fourth-order valence-corrected chi connectivity index (χ4v) is 4.84. The van der Waals surface area contributed by atoms with Gasteiger partial charge in [0.25, 0.3) is 0 Å². The molecule has 0 bridgehead atoms. The number of carbonyl (C=O) groups is 1. The molecule has 0 amide bonds. The zero-order valence-corrected chi connectivity index (χ0v) is 16.6. The topological polar surface area (TPSA) is 73.3 Å². The lowest BCUT2D eigenvalue weighted by Crippen LogP contribution is -2.00. The summed E-state index contributed by atoms with van der Waals surface area (Å²) in [4.78, 5) is 16.9. The number of nitrogens with one attached hydrogen (secondary N) is 1. The van der Waals surface area contributed by atoms with Gasteiger partial charge in [0.2, 0.25) is 5.78 Å². The Morgan fingerprint density at radius 3 is 2.23 bits per heavy atom. The largest absolute Gasteiger partial charge is 0.508 e. The van der Waals surface area contributed by atoms with Crippen LogP contribution in [0, 0.1) is 0 Å². The highest BCUT2D eigenvalue weighted by atomic mass is 32.1. The van der Waals surface area contributed by atoms with Gasteiger partial charge >= 0.3 is 0 Å². The van der Waals surface area contributed by atoms with E-state index in [9.17, 15) is 15.0 Å². The van der Waals surface area contributed by atoms with Crippen LogP contribution in [-0.4, -0.2) is 21.0 Å². The summed E-state index contributed by atoms with van der Waals surface area (Å²) in [6, 6.07) is 25.7. The molecule has 5 rings (SSSR count). The number of aromatic nitrogens is 1. The number of hydrogen-bond acceptors (Lipinski definition) is 4. The molecule has 0 aliphatic carbocycles. The third-order valence-electron chi connectivity index (χ3n) is 5.07. The van der Waals surface area contributed by atoms with E-state index in [1.165, 1.54) is 11.3 Å². The van der Waals surface area contributed by atoms with Gasteiger partial charge in [-0.25, -0.2) is 0 Å². The van der Waals surface area contributed by atoms with Crippen molar-refractivity contribution in [2.24, 2.45) is 0 Å². The Kier molecular flexibility index (Phi) is 4.38. The summed E-state index contributed by atoms with van der Waals surface area (Å²) < 4.78 is 0.864. The van der Waals surface area contributed by atoms with Gasteiger partial charge in [-0.15, -0.1) is 11.3 Å². The van der Waals surface area contributed by atoms with Gasteiger partial charge in [-0.3, -0.25) is 4.79 Å². The highest BCUT2D eigenvalue weighted by Crippen LogP contribution is 2.41. The summed E-state index contributed by atoms with van der Waals surface area (Å²) in [5.74, 6) is 0.258. The van der Waals surface area contributed by atoms with Crippen LogP contribution >= 0.6 is 11.3 Å². The first-order valence-corrected chi connectivity index (χ1v) is 10.3. The Morgan fingerprint density at radius 1 is 0.800 bits per heavy atom. The molecule has 0 saturated carbocycles. The average molecular weight is 411 g/mol. The first kappa shape index (κ1) is 18.2. The lowest BCUT2D eigenvalue weighted by Gasteiger charge is -2.07. The summed E-state index contributed by atoms with van der Waals surface area (Å²) in [6.07, 6.45) is 0. The number of ketones is 1. The number of hydrogen-bond donors (Lipinski definition) is 3. The minimum Gasteiger partial charge on any atom is -0.508 e. The van der Waals surface area contributed by atoms with Gasteiger partial charge in [0.05, 0.1) is 4.88 Å². The zero-order chi connectivity index (χ0) is 20.7. The van der Waals surface area contributed by atoms with Crippen molar-refractivity contribution >= 4 is 27.2 Å². The normalized spacial score (nSPS) is 11.1. The van der Waals surface area contributed by atoms with Crippen molar-refractivity contribution in [2.75, 3.05) is 0 Å². The first-order chi connectivity index (χ1) is 14.6. The molecule has 0 aliphatic rings. The number of H-pyrrole nitrogens is 1.